The summed E-state index contributed by atoms with van der Waals surface area (Å²) in [4.78, 5) is 34.5. The van der Waals surface area contributed by atoms with Crippen LogP contribution in [0.15, 0.2) is 24.3 Å². The van der Waals surface area contributed by atoms with E-state index in [0.29, 0.717) is 6.42 Å². The molecule has 0 bridgehead atoms. The maximum atomic E-state index is 12.4. The van der Waals surface area contributed by atoms with Gasteiger partial charge in [0.05, 0.1) is 11.1 Å². The lowest BCUT2D eigenvalue weighted by Gasteiger charge is -2.12. The summed E-state index contributed by atoms with van der Waals surface area (Å²) in [5.74, 6) is -1.82. The minimum atomic E-state index is -4.51. The minimum absolute atomic E-state index is 0.132. The summed E-state index contributed by atoms with van der Waals surface area (Å²) in [5, 5.41) is 4.45. The number of rotatable bonds is 5. The normalized spacial score (nSPS) is 12.2. The second-order valence-corrected chi connectivity index (χ2v) is 4.98. The molecule has 1 atom stereocenters. The largest absolute Gasteiger partial charge is 0.452 e. The molecule has 0 radical (unpaired) electrons. The fourth-order valence-electron chi connectivity index (χ4n) is 1.53. The average Bonchev–Trinajstić information content (AvgIpc) is 2.51. The standard InChI is InChI=1S/C15H17F3N2O4/c1-3-9(2)19-14(23)20-12(21)8-24-13(22)10-4-6-11(7-5-10)15(16,17)18/h4-7,9H,3,8H2,1-2H3,(H2,19,20,21,23)/t9-/m1/s1. The van der Waals surface area contributed by atoms with Crippen molar-refractivity contribution in [1.82, 2.24) is 10.6 Å². The molecule has 1 aromatic carbocycles. The molecule has 132 valence electrons. The van der Waals surface area contributed by atoms with E-state index < -0.39 is 36.3 Å². The fourth-order valence-corrected chi connectivity index (χ4v) is 1.53. The summed E-state index contributed by atoms with van der Waals surface area (Å²) in [6.07, 6.45) is -3.84. The van der Waals surface area contributed by atoms with Crippen LogP contribution in [0.3, 0.4) is 0 Å². The first-order valence-corrected chi connectivity index (χ1v) is 7.08. The van der Waals surface area contributed by atoms with E-state index in [1.807, 2.05) is 12.2 Å². The molecule has 24 heavy (non-hydrogen) atoms. The van der Waals surface area contributed by atoms with Crippen LogP contribution in [0, 0.1) is 0 Å². The molecule has 1 rings (SSSR count). The van der Waals surface area contributed by atoms with E-state index >= 15 is 0 Å². The Morgan fingerprint density at radius 2 is 1.75 bits per heavy atom. The molecular weight excluding hydrogens is 329 g/mol. The van der Waals surface area contributed by atoms with Crippen LogP contribution in [0.5, 0.6) is 0 Å². The molecule has 9 heteroatoms. The number of amides is 3. The lowest BCUT2D eigenvalue weighted by atomic mass is 10.1. The van der Waals surface area contributed by atoms with Crippen LogP contribution in [-0.4, -0.2) is 30.6 Å². The zero-order valence-electron chi connectivity index (χ0n) is 13.1. The molecule has 0 fully saturated rings. The second kappa shape index (κ2) is 8.32. The third kappa shape index (κ3) is 6.27. The van der Waals surface area contributed by atoms with E-state index in [4.69, 9.17) is 0 Å². The van der Waals surface area contributed by atoms with Crippen molar-refractivity contribution in [2.45, 2.75) is 32.5 Å². The van der Waals surface area contributed by atoms with Crippen molar-refractivity contribution >= 4 is 17.9 Å². The maximum absolute atomic E-state index is 12.4. The number of hydrogen-bond donors (Lipinski definition) is 2. The smallest absolute Gasteiger partial charge is 0.416 e. The molecule has 0 spiro atoms. The van der Waals surface area contributed by atoms with Crippen LogP contribution >= 0.6 is 0 Å². The first kappa shape index (κ1) is 19.5. The first-order valence-electron chi connectivity index (χ1n) is 7.08. The predicted octanol–water partition coefficient (Wildman–Crippen LogP) is 2.49. The van der Waals surface area contributed by atoms with Crippen molar-refractivity contribution in [3.05, 3.63) is 35.4 Å². The third-order valence-electron chi connectivity index (χ3n) is 3.03. The van der Waals surface area contributed by atoms with E-state index in [0.717, 1.165) is 24.3 Å². The van der Waals surface area contributed by atoms with E-state index in [9.17, 15) is 27.6 Å². The van der Waals surface area contributed by atoms with Gasteiger partial charge >= 0.3 is 18.2 Å². The molecule has 6 nitrogen and oxygen atoms in total. The van der Waals surface area contributed by atoms with Gasteiger partial charge in [-0.3, -0.25) is 10.1 Å². The molecule has 0 unspecified atom stereocenters. The molecule has 0 saturated heterocycles. The molecule has 2 N–H and O–H groups in total. The number of hydrogen-bond acceptors (Lipinski definition) is 4. The summed E-state index contributed by atoms with van der Waals surface area (Å²) in [7, 11) is 0. The van der Waals surface area contributed by atoms with Crippen LogP contribution in [0.1, 0.15) is 36.2 Å². The highest BCUT2D eigenvalue weighted by molar-refractivity contribution is 5.97. The Balaban J connectivity index is 2.48. The van der Waals surface area contributed by atoms with E-state index in [-0.39, 0.29) is 11.6 Å². The van der Waals surface area contributed by atoms with Gasteiger partial charge in [0, 0.05) is 6.04 Å². The number of benzene rings is 1. The Morgan fingerprint density at radius 3 is 2.25 bits per heavy atom. The highest BCUT2D eigenvalue weighted by atomic mass is 19.4. The van der Waals surface area contributed by atoms with Crippen LogP contribution < -0.4 is 10.6 Å². The van der Waals surface area contributed by atoms with Gasteiger partial charge in [-0.2, -0.15) is 13.2 Å². The first-order chi connectivity index (χ1) is 11.1. The van der Waals surface area contributed by atoms with Gasteiger partial charge in [-0.25, -0.2) is 9.59 Å². The maximum Gasteiger partial charge on any atom is 0.416 e. The van der Waals surface area contributed by atoms with Crippen molar-refractivity contribution in [1.29, 1.82) is 0 Å². The van der Waals surface area contributed by atoms with E-state index in [1.54, 1.807) is 6.92 Å². The molecule has 0 aliphatic heterocycles. The van der Waals surface area contributed by atoms with Gasteiger partial charge in [0.15, 0.2) is 6.61 Å². The Hall–Kier alpha value is -2.58. The molecule has 0 saturated carbocycles. The number of nitrogens with one attached hydrogen (secondary N) is 2. The number of alkyl halides is 3. The monoisotopic (exact) mass is 346 g/mol. The molecule has 0 aliphatic rings. The van der Waals surface area contributed by atoms with E-state index in [2.05, 4.69) is 10.1 Å². The number of urea groups is 1. The highest BCUT2D eigenvalue weighted by Crippen LogP contribution is 2.29. The van der Waals surface area contributed by atoms with Crippen molar-refractivity contribution in [3.8, 4) is 0 Å². The van der Waals surface area contributed by atoms with Crippen molar-refractivity contribution in [2.75, 3.05) is 6.61 Å². The number of halogens is 3. The number of imide groups is 1. The minimum Gasteiger partial charge on any atom is -0.452 e. The highest BCUT2D eigenvalue weighted by Gasteiger charge is 2.30. The molecule has 0 heterocycles. The van der Waals surface area contributed by atoms with Crippen molar-refractivity contribution < 1.29 is 32.3 Å². The van der Waals surface area contributed by atoms with Gasteiger partial charge in [0.2, 0.25) is 0 Å². The number of carbonyl (C=O) groups is 3. The summed E-state index contributed by atoms with van der Waals surface area (Å²) in [6.45, 7) is 2.86. The van der Waals surface area contributed by atoms with Gasteiger partial charge in [-0.05, 0) is 37.6 Å². The van der Waals surface area contributed by atoms with Gasteiger partial charge < -0.3 is 10.1 Å². The zero-order valence-corrected chi connectivity index (χ0v) is 13.1. The summed E-state index contributed by atoms with van der Waals surface area (Å²) < 4.78 is 41.9. The molecule has 0 aromatic heterocycles. The SMILES string of the molecule is CC[C@@H](C)NC(=O)NC(=O)COC(=O)c1ccc(C(F)(F)F)cc1. The Kier molecular flexibility index (Phi) is 6.75. The average molecular weight is 346 g/mol. The second-order valence-electron chi connectivity index (χ2n) is 4.98. The lowest BCUT2D eigenvalue weighted by molar-refractivity contribution is -0.137. The summed E-state index contributed by atoms with van der Waals surface area (Å²) in [6, 6.07) is 2.50. The number of ether oxygens (including phenoxy) is 1. The fraction of sp³-hybridized carbons (Fsp3) is 0.400. The Bertz CT molecular complexity index is 600. The molecule has 1 aromatic rings. The van der Waals surface area contributed by atoms with Crippen LogP contribution in [0.4, 0.5) is 18.0 Å². The van der Waals surface area contributed by atoms with Crippen LogP contribution in [0.2, 0.25) is 0 Å². The predicted molar refractivity (Wildman–Crippen MR) is 78.2 cm³/mol. The van der Waals surface area contributed by atoms with Gasteiger partial charge in [0.1, 0.15) is 0 Å². The number of esters is 1. The van der Waals surface area contributed by atoms with Crippen molar-refractivity contribution in [3.63, 3.8) is 0 Å². The van der Waals surface area contributed by atoms with Crippen LogP contribution in [-0.2, 0) is 15.7 Å². The van der Waals surface area contributed by atoms with Gasteiger partial charge in [0.25, 0.3) is 5.91 Å². The van der Waals surface area contributed by atoms with E-state index in [1.165, 1.54) is 0 Å². The van der Waals surface area contributed by atoms with Crippen molar-refractivity contribution in [2.24, 2.45) is 0 Å². The Morgan fingerprint density at radius 1 is 1.17 bits per heavy atom. The quantitative estimate of drug-likeness (QED) is 0.802. The zero-order chi connectivity index (χ0) is 18.3. The summed E-state index contributed by atoms with van der Waals surface area (Å²) in [5.41, 5.74) is -1.04. The Labute approximate surface area is 136 Å². The molecular formula is C15H17F3N2O4. The summed E-state index contributed by atoms with van der Waals surface area (Å²) >= 11 is 0. The van der Waals surface area contributed by atoms with Crippen LogP contribution in [0.25, 0.3) is 0 Å². The number of carbonyl (C=O) groups excluding carboxylic acids is 3. The third-order valence-corrected chi connectivity index (χ3v) is 3.03. The van der Waals surface area contributed by atoms with Gasteiger partial charge in [-0.15, -0.1) is 0 Å². The lowest BCUT2D eigenvalue weighted by Crippen LogP contribution is -2.44. The molecule has 3 amide bonds. The van der Waals surface area contributed by atoms with Gasteiger partial charge in [-0.1, -0.05) is 6.92 Å². The topological polar surface area (TPSA) is 84.5 Å². The molecule has 0 aliphatic carbocycles.